The summed E-state index contributed by atoms with van der Waals surface area (Å²) in [5, 5.41) is 8.86. The van der Waals surface area contributed by atoms with Gasteiger partial charge in [-0.3, -0.25) is 4.90 Å². The van der Waals surface area contributed by atoms with E-state index in [0.717, 1.165) is 6.42 Å². The second-order valence-corrected chi connectivity index (χ2v) is 9.77. The third-order valence-corrected chi connectivity index (χ3v) is 6.95. The molecule has 0 aliphatic heterocycles. The molecule has 0 aliphatic carbocycles. The summed E-state index contributed by atoms with van der Waals surface area (Å²) < 4.78 is 24.4. The molecule has 2 atom stereocenters. The summed E-state index contributed by atoms with van der Waals surface area (Å²) in [6.07, 6.45) is 1.20. The van der Waals surface area contributed by atoms with Crippen molar-refractivity contribution < 1.29 is 30.0 Å². The number of halogens is 2. The Bertz CT molecular complexity index is 471. The Labute approximate surface area is 222 Å². The van der Waals surface area contributed by atoms with E-state index in [1.807, 2.05) is 29.9 Å². The summed E-state index contributed by atoms with van der Waals surface area (Å²) in [6, 6.07) is 2.50. The number of hydrogen-bond donors (Lipinski definition) is 0. The van der Waals surface area contributed by atoms with Gasteiger partial charge in [0.15, 0.2) is 23.0 Å². The zero-order valence-electron chi connectivity index (χ0n) is 19.7. The summed E-state index contributed by atoms with van der Waals surface area (Å²) >= 11 is 3.57. The SMILES string of the molecule is CCCOOCC(COOI)N(CCOI)CCOP(OCCC#N)N(C(C)C)C(C)C. The van der Waals surface area contributed by atoms with Gasteiger partial charge < -0.3 is 12.1 Å². The van der Waals surface area contributed by atoms with Crippen molar-refractivity contribution >= 4 is 54.5 Å². The molecule has 0 fully saturated rings. The minimum atomic E-state index is -1.29. The van der Waals surface area contributed by atoms with Crippen molar-refractivity contribution in [3.8, 4) is 6.07 Å². The molecule has 0 heterocycles. The minimum absolute atomic E-state index is 0.117. The maximum Gasteiger partial charge on any atom is 0.259 e. The first-order valence-corrected chi connectivity index (χ1v) is 13.6. The molecule has 0 aliphatic rings. The number of hydrogen-bond acceptors (Lipinski definition) is 10. The van der Waals surface area contributed by atoms with Gasteiger partial charge in [0.1, 0.15) is 36.2 Å². The Hall–Kier alpha value is 1.02. The molecular weight excluding hydrogens is 667 g/mol. The first kappa shape index (κ1) is 33.0. The third-order valence-electron chi connectivity index (χ3n) is 4.15. The topological polar surface area (TPSA) is 94.9 Å². The van der Waals surface area contributed by atoms with Gasteiger partial charge in [-0.25, -0.2) is 19.3 Å². The molecule has 32 heavy (non-hydrogen) atoms. The van der Waals surface area contributed by atoms with Gasteiger partial charge in [0.05, 0.1) is 45.0 Å². The zero-order chi connectivity index (χ0) is 24.2. The van der Waals surface area contributed by atoms with Crippen molar-refractivity contribution in [3.05, 3.63) is 0 Å². The van der Waals surface area contributed by atoms with Crippen LogP contribution in [0.1, 0.15) is 47.5 Å². The van der Waals surface area contributed by atoms with Crippen molar-refractivity contribution in [3.63, 3.8) is 0 Å². The predicted octanol–water partition coefficient (Wildman–Crippen LogP) is 4.97. The van der Waals surface area contributed by atoms with E-state index < -0.39 is 8.53 Å². The van der Waals surface area contributed by atoms with Crippen LogP contribution in [0, 0.1) is 11.3 Å². The molecule has 0 saturated heterocycles. The van der Waals surface area contributed by atoms with Gasteiger partial charge in [0, 0.05) is 25.2 Å². The highest BCUT2D eigenvalue weighted by molar-refractivity contribution is 14.1. The largest absolute Gasteiger partial charge is 0.321 e. The Balaban J connectivity index is 5.10. The number of nitrogens with zero attached hydrogens (tertiary/aromatic N) is 3. The fourth-order valence-electron chi connectivity index (χ4n) is 2.81. The van der Waals surface area contributed by atoms with Crippen molar-refractivity contribution in [1.29, 1.82) is 5.26 Å². The van der Waals surface area contributed by atoms with Crippen molar-refractivity contribution in [2.24, 2.45) is 0 Å². The highest BCUT2D eigenvalue weighted by Crippen LogP contribution is 2.45. The Kier molecular flexibility index (Phi) is 23.2. The maximum atomic E-state index is 8.86. The quantitative estimate of drug-likeness (QED) is 0.0506. The average molecular weight is 705 g/mol. The van der Waals surface area contributed by atoms with Crippen LogP contribution in [0.3, 0.4) is 0 Å². The van der Waals surface area contributed by atoms with E-state index in [0.29, 0.717) is 59.2 Å². The monoisotopic (exact) mass is 705 g/mol. The lowest BCUT2D eigenvalue weighted by Crippen LogP contribution is -2.45. The molecule has 0 amide bonds. The maximum absolute atomic E-state index is 8.86. The highest BCUT2D eigenvalue weighted by atomic mass is 127. The van der Waals surface area contributed by atoms with Gasteiger partial charge in [0.25, 0.3) is 8.53 Å². The summed E-state index contributed by atoms with van der Waals surface area (Å²) in [5.74, 6) is 0. The minimum Gasteiger partial charge on any atom is -0.321 e. The Morgan fingerprint density at radius 3 is 2.06 bits per heavy atom. The second-order valence-electron chi connectivity index (χ2n) is 7.34. The van der Waals surface area contributed by atoms with Crippen LogP contribution < -0.4 is 0 Å². The Morgan fingerprint density at radius 2 is 1.50 bits per heavy atom. The lowest BCUT2D eigenvalue weighted by Gasteiger charge is -2.36. The first-order chi connectivity index (χ1) is 15.4. The molecule has 0 N–H and O–H groups in total. The highest BCUT2D eigenvalue weighted by Gasteiger charge is 2.28. The second kappa shape index (κ2) is 22.5. The van der Waals surface area contributed by atoms with E-state index in [9.17, 15) is 0 Å². The van der Waals surface area contributed by atoms with E-state index in [-0.39, 0.29) is 18.1 Å². The van der Waals surface area contributed by atoms with Gasteiger partial charge in [-0.1, -0.05) is 6.92 Å². The number of rotatable bonds is 22. The summed E-state index contributed by atoms with van der Waals surface area (Å²) in [6.45, 7) is 14.2. The van der Waals surface area contributed by atoms with Crippen LogP contribution in [0.25, 0.3) is 0 Å². The average Bonchev–Trinajstić information content (AvgIpc) is 2.75. The molecule has 0 saturated carbocycles. The fourth-order valence-corrected chi connectivity index (χ4v) is 4.73. The summed E-state index contributed by atoms with van der Waals surface area (Å²) in [4.78, 5) is 17.9. The van der Waals surface area contributed by atoms with E-state index in [4.69, 9.17) is 35.3 Å². The van der Waals surface area contributed by atoms with Crippen LogP contribution in [0.5, 0.6) is 0 Å². The molecular formula is C19H38I2N3O7P. The van der Waals surface area contributed by atoms with Gasteiger partial charge in [-0.15, -0.1) is 0 Å². The normalized spacial score (nSPS) is 13.9. The molecule has 0 bridgehead atoms. The van der Waals surface area contributed by atoms with E-state index in [1.165, 1.54) is 0 Å². The summed E-state index contributed by atoms with van der Waals surface area (Å²) in [7, 11) is -1.29. The molecule has 10 nitrogen and oxygen atoms in total. The molecule has 0 radical (unpaired) electrons. The van der Waals surface area contributed by atoms with E-state index in [1.54, 1.807) is 23.0 Å². The lowest BCUT2D eigenvalue weighted by atomic mass is 10.2. The van der Waals surface area contributed by atoms with Gasteiger partial charge in [-0.2, -0.15) is 8.48 Å². The molecule has 0 aromatic rings. The van der Waals surface area contributed by atoms with Gasteiger partial charge in [0.2, 0.25) is 0 Å². The Morgan fingerprint density at radius 1 is 0.875 bits per heavy atom. The molecule has 0 rings (SSSR count). The summed E-state index contributed by atoms with van der Waals surface area (Å²) in [5.41, 5.74) is 0. The first-order valence-electron chi connectivity index (χ1n) is 10.8. The van der Waals surface area contributed by atoms with Crippen LogP contribution in [-0.4, -0.2) is 80.4 Å². The van der Waals surface area contributed by atoms with Crippen molar-refractivity contribution in [1.82, 2.24) is 9.57 Å². The van der Waals surface area contributed by atoms with Crippen LogP contribution in [0.2, 0.25) is 0 Å². The van der Waals surface area contributed by atoms with Crippen LogP contribution >= 0.6 is 54.5 Å². The zero-order valence-corrected chi connectivity index (χ0v) is 24.9. The predicted molar refractivity (Wildman–Crippen MR) is 140 cm³/mol. The van der Waals surface area contributed by atoms with Crippen molar-refractivity contribution in [2.75, 3.05) is 52.7 Å². The van der Waals surface area contributed by atoms with E-state index >= 15 is 0 Å². The van der Waals surface area contributed by atoms with Crippen LogP contribution in [0.4, 0.5) is 0 Å². The standard InChI is InChI=1S/C19H38I2N3O7P/c1-6-11-26-27-15-19(16-28-31-21)23(9-13-25-20)10-14-30-32(29-12-7-8-22)24(17(2)3)18(4)5/h17-19H,6-7,9-16H2,1-5H3. The molecule has 0 spiro atoms. The molecule has 2 unspecified atom stereocenters. The fraction of sp³-hybridized carbons (Fsp3) is 0.947. The van der Waals surface area contributed by atoms with Crippen LogP contribution in [-0.2, 0) is 30.0 Å². The lowest BCUT2D eigenvalue weighted by molar-refractivity contribution is -0.307. The smallest absolute Gasteiger partial charge is 0.259 e. The van der Waals surface area contributed by atoms with Crippen LogP contribution in [0.15, 0.2) is 0 Å². The van der Waals surface area contributed by atoms with E-state index in [2.05, 4.69) is 43.3 Å². The molecule has 190 valence electrons. The van der Waals surface area contributed by atoms with Gasteiger partial charge in [-0.05, 0) is 34.1 Å². The molecule has 0 aromatic carbocycles. The molecule has 13 heteroatoms. The van der Waals surface area contributed by atoms with Gasteiger partial charge >= 0.3 is 0 Å². The van der Waals surface area contributed by atoms with Crippen molar-refractivity contribution in [2.45, 2.75) is 65.6 Å². The molecule has 0 aromatic heterocycles. The third kappa shape index (κ3) is 15.8. The number of nitriles is 1.